The van der Waals surface area contributed by atoms with Crippen LogP contribution in [0.3, 0.4) is 0 Å². The molecule has 0 heterocycles. The minimum Gasteiger partial charge on any atom is -0.273 e. The van der Waals surface area contributed by atoms with Crippen LogP contribution in [-0.4, -0.2) is 10.4 Å². The van der Waals surface area contributed by atoms with E-state index < -0.39 is 0 Å². The van der Waals surface area contributed by atoms with Crippen LogP contribution in [0.25, 0.3) is 0 Å². The van der Waals surface area contributed by atoms with Crippen LogP contribution >= 0.6 is 0 Å². The molecule has 0 aromatic heterocycles. The average Bonchev–Trinajstić information content (AvgIpc) is 3.07. The van der Waals surface area contributed by atoms with Crippen molar-refractivity contribution in [3.8, 4) is 5.75 Å². The van der Waals surface area contributed by atoms with Gasteiger partial charge in [0.1, 0.15) is 12.4 Å². The monoisotopic (exact) mass is 329 g/mol. The summed E-state index contributed by atoms with van der Waals surface area (Å²) in [5, 5.41) is 0. The van der Waals surface area contributed by atoms with Gasteiger partial charge in [0.15, 0.2) is 0 Å². The van der Waals surface area contributed by atoms with Crippen LogP contribution in [0.5, 0.6) is 5.75 Å². The van der Waals surface area contributed by atoms with Crippen molar-refractivity contribution >= 4 is 3.81 Å². The summed E-state index contributed by atoms with van der Waals surface area (Å²) in [5.74, 6) is 0.910. The Labute approximate surface area is 147 Å². The van der Waals surface area contributed by atoms with Gasteiger partial charge in [0.2, 0.25) is 0 Å². The fourth-order valence-electron chi connectivity index (χ4n) is 1.25. The fourth-order valence-corrected chi connectivity index (χ4v) is 1.25. The Kier molecular flexibility index (Phi) is 14.9. The summed E-state index contributed by atoms with van der Waals surface area (Å²) < 4.78 is 6.85. The van der Waals surface area contributed by atoms with Crippen LogP contribution in [0.4, 0.5) is 0 Å². The first kappa shape index (κ1) is 20.6. The first-order chi connectivity index (χ1) is 10.7. The zero-order valence-corrected chi connectivity index (χ0v) is 15.3. The van der Waals surface area contributed by atoms with Crippen LogP contribution in [-0.2, 0) is 20.0 Å². The van der Waals surface area contributed by atoms with Gasteiger partial charge in [-0.3, -0.25) is 6.08 Å². The van der Waals surface area contributed by atoms with Gasteiger partial charge in [0.25, 0.3) is 0 Å². The molecule has 2 rings (SSSR count). The van der Waals surface area contributed by atoms with E-state index in [1.54, 1.807) is 0 Å². The summed E-state index contributed by atoms with van der Waals surface area (Å²) in [6, 6.07) is 9.80. The molecule has 0 saturated heterocycles. The van der Waals surface area contributed by atoms with Crippen molar-refractivity contribution < 1.29 is 24.7 Å². The first-order valence-electron chi connectivity index (χ1n) is 7.36. The van der Waals surface area contributed by atoms with E-state index >= 15 is 0 Å². The van der Waals surface area contributed by atoms with E-state index in [1.165, 1.54) is 3.81 Å². The van der Waals surface area contributed by atoms with E-state index in [2.05, 4.69) is 46.0 Å². The van der Waals surface area contributed by atoms with Crippen LogP contribution < -0.4 is 4.74 Å². The average molecular weight is 329 g/mol. The van der Waals surface area contributed by atoms with Crippen LogP contribution in [0.1, 0.15) is 27.2 Å². The summed E-state index contributed by atoms with van der Waals surface area (Å²) >= 11 is 2.08. The third-order valence-corrected chi connectivity index (χ3v) is 2.11. The van der Waals surface area contributed by atoms with E-state index in [0.29, 0.717) is 6.61 Å². The van der Waals surface area contributed by atoms with E-state index in [1.807, 2.05) is 73.7 Å². The summed E-state index contributed by atoms with van der Waals surface area (Å²) in [6.07, 6.45) is 17.9. The normalized spacial score (nSPS) is 11.9. The quantitative estimate of drug-likeness (QED) is 0.416. The fraction of sp³-hybridized carbons (Fsp3) is 0.250. The van der Waals surface area contributed by atoms with Crippen LogP contribution in [0, 0.1) is 6.08 Å². The maximum absolute atomic E-state index is 5.43. The molecule has 1 nitrogen and oxygen atoms in total. The molecule has 1 aliphatic carbocycles. The number of ether oxygens (including phenoxy) is 1. The van der Waals surface area contributed by atoms with Gasteiger partial charge in [0, 0.05) is 0 Å². The third kappa shape index (κ3) is 16.6. The standard InChI is InChI=1S/C12H14O.C5H5.C3H6.Ti/c1-2-3-4-8-11-13-12-9-6-5-7-10-12;1-2-4-5-3-1;1-3-2;/h2-10H,11H2,1H3;1-3H,4H2;1-2H3;/q;-1;;+1. The predicted octanol–water partition coefficient (Wildman–Crippen LogP) is 5.25. The first-order valence-corrected chi connectivity index (χ1v) is 8.14. The summed E-state index contributed by atoms with van der Waals surface area (Å²) in [5.41, 5.74) is 0. The molecule has 0 fully saturated rings. The smallest absolute Gasteiger partial charge is 0.109 e. The molecule has 0 aliphatic heterocycles. The Morgan fingerprint density at radius 1 is 1.23 bits per heavy atom. The zero-order valence-electron chi connectivity index (χ0n) is 13.8. The molecule has 0 atom stereocenters. The number of allylic oxidation sites excluding steroid dienone is 7. The Hall–Kier alpha value is -1.44. The second-order valence-corrected chi connectivity index (χ2v) is 6.14. The van der Waals surface area contributed by atoms with Crippen molar-refractivity contribution in [2.75, 3.05) is 6.61 Å². The van der Waals surface area contributed by atoms with Gasteiger partial charge in [-0.1, -0.05) is 36.4 Å². The molecular weight excluding hydrogens is 304 g/mol. The molecule has 0 radical (unpaired) electrons. The SMILES string of the molecule is CC=CC=CCOc1ccccc1.C[C](C)=[Ti+].[C-]1=CC=CC1. The predicted molar refractivity (Wildman–Crippen MR) is 93.8 cm³/mol. The molecular formula is C20H25OTi. The molecule has 0 spiro atoms. The van der Waals surface area contributed by atoms with Gasteiger partial charge in [0.05, 0.1) is 0 Å². The number of rotatable bonds is 4. The van der Waals surface area contributed by atoms with Gasteiger partial charge < -0.3 is 4.74 Å². The molecule has 0 bridgehead atoms. The molecule has 115 valence electrons. The van der Waals surface area contributed by atoms with Crippen molar-refractivity contribution in [1.29, 1.82) is 0 Å². The van der Waals surface area contributed by atoms with Gasteiger partial charge in [-0.25, -0.2) is 12.2 Å². The molecule has 1 aromatic carbocycles. The zero-order chi connectivity index (χ0) is 16.5. The summed E-state index contributed by atoms with van der Waals surface area (Å²) in [4.78, 5) is 0. The Morgan fingerprint density at radius 2 is 1.91 bits per heavy atom. The largest absolute Gasteiger partial charge is 0.273 e. The van der Waals surface area contributed by atoms with Crippen molar-refractivity contribution in [2.24, 2.45) is 0 Å². The van der Waals surface area contributed by atoms with E-state index in [-0.39, 0.29) is 0 Å². The van der Waals surface area contributed by atoms with E-state index in [9.17, 15) is 0 Å². The van der Waals surface area contributed by atoms with Crippen LogP contribution in [0.15, 0.2) is 72.9 Å². The third-order valence-electron chi connectivity index (χ3n) is 2.11. The van der Waals surface area contributed by atoms with Crippen molar-refractivity contribution in [3.63, 3.8) is 0 Å². The van der Waals surface area contributed by atoms with Crippen LogP contribution in [0.2, 0.25) is 0 Å². The molecule has 2 heteroatoms. The van der Waals surface area contributed by atoms with Gasteiger partial charge in [-0.2, -0.15) is 6.08 Å². The molecule has 0 N–H and O–H groups in total. The molecule has 0 saturated carbocycles. The Balaban J connectivity index is 0.000000400. The topological polar surface area (TPSA) is 9.23 Å². The van der Waals surface area contributed by atoms with Crippen molar-refractivity contribution in [1.82, 2.24) is 0 Å². The summed E-state index contributed by atoms with van der Waals surface area (Å²) in [6.45, 7) is 6.77. The Morgan fingerprint density at radius 3 is 2.36 bits per heavy atom. The molecule has 22 heavy (non-hydrogen) atoms. The maximum Gasteiger partial charge on any atom is -0.109 e. The van der Waals surface area contributed by atoms with E-state index in [0.717, 1.165) is 12.2 Å². The van der Waals surface area contributed by atoms with Gasteiger partial charge >= 0.3 is 37.6 Å². The van der Waals surface area contributed by atoms with Gasteiger partial charge in [-0.15, -0.1) is 6.42 Å². The number of benzene rings is 1. The minimum absolute atomic E-state index is 0.619. The molecule has 1 aliphatic rings. The minimum atomic E-state index is 0.619. The number of para-hydroxylation sites is 1. The molecule has 0 unspecified atom stereocenters. The Bertz CT molecular complexity index is 482. The van der Waals surface area contributed by atoms with Crippen molar-refractivity contribution in [3.05, 3.63) is 78.9 Å². The van der Waals surface area contributed by atoms with E-state index in [4.69, 9.17) is 4.74 Å². The molecule has 0 amide bonds. The van der Waals surface area contributed by atoms with Crippen molar-refractivity contribution in [2.45, 2.75) is 27.2 Å². The van der Waals surface area contributed by atoms with Gasteiger partial charge in [-0.05, 0) is 25.1 Å². The number of hydrogen-bond acceptors (Lipinski definition) is 1. The second-order valence-electron chi connectivity index (χ2n) is 4.58. The number of hydrogen-bond donors (Lipinski definition) is 0. The maximum atomic E-state index is 5.43. The molecule has 1 aromatic rings. The second kappa shape index (κ2) is 15.9. The summed E-state index contributed by atoms with van der Waals surface area (Å²) in [7, 11) is 0.